The SMILES string of the molecule is Cc1ccccc1C(=O)Nc1ccccc1-c1cn2cccc(C)c2n1. The van der Waals surface area contributed by atoms with Gasteiger partial charge in [0.1, 0.15) is 5.65 Å². The van der Waals surface area contributed by atoms with E-state index < -0.39 is 0 Å². The molecule has 2 heterocycles. The molecule has 0 saturated carbocycles. The first kappa shape index (κ1) is 16.1. The van der Waals surface area contributed by atoms with Crippen molar-refractivity contribution in [2.24, 2.45) is 0 Å². The number of rotatable bonds is 3. The van der Waals surface area contributed by atoms with Crippen LogP contribution in [0, 0.1) is 13.8 Å². The van der Waals surface area contributed by atoms with Crippen LogP contribution in [0.4, 0.5) is 5.69 Å². The molecule has 1 N–H and O–H groups in total. The third kappa shape index (κ3) is 2.86. The van der Waals surface area contributed by atoms with Gasteiger partial charge in [-0.15, -0.1) is 0 Å². The van der Waals surface area contributed by atoms with Gasteiger partial charge in [-0.3, -0.25) is 4.79 Å². The Labute approximate surface area is 152 Å². The monoisotopic (exact) mass is 341 g/mol. The van der Waals surface area contributed by atoms with E-state index >= 15 is 0 Å². The Balaban J connectivity index is 1.74. The fourth-order valence-corrected chi connectivity index (χ4v) is 3.12. The van der Waals surface area contributed by atoms with E-state index in [1.54, 1.807) is 0 Å². The fraction of sp³-hybridized carbons (Fsp3) is 0.0909. The van der Waals surface area contributed by atoms with E-state index in [0.29, 0.717) is 5.56 Å². The van der Waals surface area contributed by atoms with Crippen molar-refractivity contribution in [3.05, 3.63) is 89.7 Å². The molecule has 0 unspecified atom stereocenters. The molecule has 0 spiro atoms. The van der Waals surface area contributed by atoms with Crippen LogP contribution in [0.1, 0.15) is 21.5 Å². The van der Waals surface area contributed by atoms with Crippen molar-refractivity contribution >= 4 is 17.2 Å². The lowest BCUT2D eigenvalue weighted by atomic mass is 10.1. The van der Waals surface area contributed by atoms with Crippen LogP contribution >= 0.6 is 0 Å². The molecule has 0 radical (unpaired) electrons. The molecule has 2 aromatic carbocycles. The van der Waals surface area contributed by atoms with Crippen LogP contribution in [0.25, 0.3) is 16.9 Å². The number of fused-ring (bicyclic) bond motifs is 1. The summed E-state index contributed by atoms with van der Waals surface area (Å²) in [5, 5.41) is 3.04. The first-order valence-corrected chi connectivity index (χ1v) is 8.54. The molecule has 0 aliphatic heterocycles. The van der Waals surface area contributed by atoms with Crippen molar-refractivity contribution in [1.82, 2.24) is 9.38 Å². The van der Waals surface area contributed by atoms with Gasteiger partial charge in [0.25, 0.3) is 5.91 Å². The highest BCUT2D eigenvalue weighted by Crippen LogP contribution is 2.28. The molecule has 4 rings (SSSR count). The van der Waals surface area contributed by atoms with Gasteiger partial charge in [0.05, 0.1) is 11.4 Å². The van der Waals surface area contributed by atoms with E-state index in [0.717, 1.165) is 33.7 Å². The van der Waals surface area contributed by atoms with E-state index in [1.165, 1.54) is 0 Å². The molecule has 0 atom stereocenters. The summed E-state index contributed by atoms with van der Waals surface area (Å²) in [6.07, 6.45) is 3.97. The Hall–Kier alpha value is -3.40. The highest BCUT2D eigenvalue weighted by atomic mass is 16.1. The van der Waals surface area contributed by atoms with Crippen LogP contribution in [-0.2, 0) is 0 Å². The van der Waals surface area contributed by atoms with Gasteiger partial charge < -0.3 is 9.72 Å². The molecule has 4 heteroatoms. The quantitative estimate of drug-likeness (QED) is 0.578. The zero-order valence-corrected chi connectivity index (χ0v) is 14.7. The average molecular weight is 341 g/mol. The van der Waals surface area contributed by atoms with Crippen LogP contribution in [0.2, 0.25) is 0 Å². The second-order valence-electron chi connectivity index (χ2n) is 6.36. The van der Waals surface area contributed by atoms with E-state index in [4.69, 9.17) is 4.98 Å². The normalized spacial score (nSPS) is 10.8. The molecule has 1 amide bonds. The van der Waals surface area contributed by atoms with Crippen molar-refractivity contribution in [3.8, 4) is 11.3 Å². The number of aryl methyl sites for hydroxylation is 2. The lowest BCUT2D eigenvalue weighted by Gasteiger charge is -2.11. The first-order valence-electron chi connectivity index (χ1n) is 8.54. The van der Waals surface area contributed by atoms with Crippen LogP contribution in [0.3, 0.4) is 0 Å². The van der Waals surface area contributed by atoms with Gasteiger partial charge in [0.2, 0.25) is 0 Å². The van der Waals surface area contributed by atoms with Crippen molar-refractivity contribution in [3.63, 3.8) is 0 Å². The molecular weight excluding hydrogens is 322 g/mol. The molecule has 0 aliphatic rings. The van der Waals surface area contributed by atoms with Crippen LogP contribution in [0.5, 0.6) is 0 Å². The third-order valence-corrected chi connectivity index (χ3v) is 4.52. The maximum Gasteiger partial charge on any atom is 0.255 e. The molecule has 2 aromatic heterocycles. The second kappa shape index (κ2) is 6.48. The van der Waals surface area contributed by atoms with Gasteiger partial charge in [-0.25, -0.2) is 4.98 Å². The predicted octanol–water partition coefficient (Wildman–Crippen LogP) is 4.87. The number of imidazole rings is 1. The average Bonchev–Trinajstić information content (AvgIpc) is 3.08. The Morgan fingerprint density at radius 3 is 2.46 bits per heavy atom. The maximum atomic E-state index is 12.7. The van der Waals surface area contributed by atoms with E-state index in [-0.39, 0.29) is 5.91 Å². The molecule has 0 aliphatic carbocycles. The van der Waals surface area contributed by atoms with Crippen LogP contribution < -0.4 is 5.32 Å². The third-order valence-electron chi connectivity index (χ3n) is 4.52. The Morgan fingerprint density at radius 1 is 0.923 bits per heavy atom. The van der Waals surface area contributed by atoms with Gasteiger partial charge >= 0.3 is 0 Å². The zero-order valence-electron chi connectivity index (χ0n) is 14.7. The number of amides is 1. The number of hydrogen-bond acceptors (Lipinski definition) is 2. The van der Waals surface area contributed by atoms with E-state index in [9.17, 15) is 4.79 Å². The predicted molar refractivity (Wildman–Crippen MR) is 104 cm³/mol. The summed E-state index contributed by atoms with van der Waals surface area (Å²) in [4.78, 5) is 17.5. The maximum absolute atomic E-state index is 12.7. The minimum atomic E-state index is -0.115. The largest absolute Gasteiger partial charge is 0.321 e. The summed E-state index contributed by atoms with van der Waals surface area (Å²) < 4.78 is 2.00. The molecule has 0 saturated heterocycles. The number of aromatic nitrogens is 2. The molecule has 128 valence electrons. The summed E-state index contributed by atoms with van der Waals surface area (Å²) >= 11 is 0. The van der Waals surface area contributed by atoms with Crippen LogP contribution in [0.15, 0.2) is 73.1 Å². The highest BCUT2D eigenvalue weighted by molar-refractivity contribution is 6.07. The number of anilines is 1. The summed E-state index contributed by atoms with van der Waals surface area (Å²) in [5.74, 6) is -0.115. The number of hydrogen-bond donors (Lipinski definition) is 1. The van der Waals surface area contributed by atoms with Gasteiger partial charge in [0, 0.05) is 23.5 Å². The zero-order chi connectivity index (χ0) is 18.1. The number of benzene rings is 2. The smallest absolute Gasteiger partial charge is 0.255 e. The molecule has 0 fully saturated rings. The van der Waals surface area contributed by atoms with E-state index in [2.05, 4.69) is 5.32 Å². The summed E-state index contributed by atoms with van der Waals surface area (Å²) in [6.45, 7) is 3.98. The summed E-state index contributed by atoms with van der Waals surface area (Å²) in [7, 11) is 0. The molecule has 0 bridgehead atoms. The Morgan fingerprint density at radius 2 is 1.65 bits per heavy atom. The van der Waals surface area contributed by atoms with Crippen molar-refractivity contribution in [2.45, 2.75) is 13.8 Å². The molecule has 4 aromatic rings. The van der Waals surface area contributed by atoms with Crippen molar-refractivity contribution < 1.29 is 4.79 Å². The lowest BCUT2D eigenvalue weighted by Crippen LogP contribution is -2.13. The molecule has 4 nitrogen and oxygen atoms in total. The lowest BCUT2D eigenvalue weighted by molar-refractivity contribution is 0.102. The first-order chi connectivity index (χ1) is 12.6. The topological polar surface area (TPSA) is 46.4 Å². The summed E-state index contributed by atoms with van der Waals surface area (Å²) in [5.41, 5.74) is 6.14. The van der Waals surface area contributed by atoms with E-state index in [1.807, 2.05) is 91.3 Å². The minimum Gasteiger partial charge on any atom is -0.321 e. The fourth-order valence-electron chi connectivity index (χ4n) is 3.12. The number of para-hydroxylation sites is 1. The van der Waals surface area contributed by atoms with Gasteiger partial charge in [-0.05, 0) is 43.2 Å². The molecular formula is C22H19N3O. The van der Waals surface area contributed by atoms with Gasteiger partial charge in [-0.1, -0.05) is 42.5 Å². The number of nitrogens with one attached hydrogen (secondary N) is 1. The highest BCUT2D eigenvalue weighted by Gasteiger charge is 2.14. The Kier molecular flexibility index (Phi) is 4.01. The number of nitrogens with zero attached hydrogens (tertiary/aromatic N) is 2. The number of carbonyl (C=O) groups is 1. The van der Waals surface area contributed by atoms with Gasteiger partial charge in [-0.2, -0.15) is 0 Å². The number of pyridine rings is 1. The number of carbonyl (C=O) groups excluding carboxylic acids is 1. The van der Waals surface area contributed by atoms with Crippen molar-refractivity contribution in [1.29, 1.82) is 0 Å². The van der Waals surface area contributed by atoms with Crippen LogP contribution in [-0.4, -0.2) is 15.3 Å². The van der Waals surface area contributed by atoms with Crippen molar-refractivity contribution in [2.75, 3.05) is 5.32 Å². The van der Waals surface area contributed by atoms with Gasteiger partial charge in [0.15, 0.2) is 0 Å². The second-order valence-corrected chi connectivity index (χ2v) is 6.36. The summed E-state index contributed by atoms with van der Waals surface area (Å²) in [6, 6.07) is 19.4. The standard InChI is InChI=1S/C22H19N3O/c1-15-8-3-4-10-17(15)22(26)24-19-12-6-5-11-18(19)20-14-25-13-7-9-16(2)21(25)23-20/h3-14H,1-2H3,(H,24,26). The molecule has 26 heavy (non-hydrogen) atoms. The Bertz CT molecular complexity index is 1110. The minimum absolute atomic E-state index is 0.115.